The molecular weight excluding hydrogens is 406 g/mol. The average Bonchev–Trinajstić information content (AvgIpc) is 3.35. The summed E-state index contributed by atoms with van der Waals surface area (Å²) in [7, 11) is 0. The molecule has 0 saturated carbocycles. The lowest BCUT2D eigenvalue weighted by atomic mass is 10.1. The van der Waals surface area contributed by atoms with Crippen molar-refractivity contribution in [2.24, 2.45) is 0 Å². The van der Waals surface area contributed by atoms with Gasteiger partial charge in [-0.05, 0) is 30.3 Å². The van der Waals surface area contributed by atoms with Crippen LogP contribution in [0.2, 0.25) is 0 Å². The molecule has 4 aromatic carbocycles. The fourth-order valence-corrected chi connectivity index (χ4v) is 3.91. The van der Waals surface area contributed by atoms with Gasteiger partial charge in [0.2, 0.25) is 5.89 Å². The number of fused-ring (bicyclic) bond motifs is 1. The summed E-state index contributed by atoms with van der Waals surface area (Å²) in [5.74, 6) is 1.19. The maximum absolute atomic E-state index is 6.24. The van der Waals surface area contributed by atoms with Crippen molar-refractivity contribution in [2.45, 2.75) is 0 Å². The number of nitrogens with zero attached hydrogens (tertiary/aromatic N) is 3. The van der Waals surface area contributed by atoms with E-state index in [-0.39, 0.29) is 0 Å². The van der Waals surface area contributed by atoms with Gasteiger partial charge in [-0.2, -0.15) is 0 Å². The van der Waals surface area contributed by atoms with Crippen molar-refractivity contribution < 1.29 is 4.42 Å². The second-order valence-electron chi connectivity index (χ2n) is 7.73. The van der Waals surface area contributed by atoms with Crippen molar-refractivity contribution in [3.05, 3.63) is 115 Å². The van der Waals surface area contributed by atoms with Crippen molar-refractivity contribution in [1.82, 2.24) is 15.0 Å². The van der Waals surface area contributed by atoms with Gasteiger partial charge in [0.15, 0.2) is 11.4 Å². The van der Waals surface area contributed by atoms with Crippen molar-refractivity contribution in [1.29, 1.82) is 0 Å². The Morgan fingerprint density at radius 2 is 1.03 bits per heavy atom. The van der Waals surface area contributed by atoms with Gasteiger partial charge in [-0.1, -0.05) is 84.9 Å². The Hall–Kier alpha value is -4.57. The molecule has 4 heteroatoms. The SMILES string of the molecule is c1ccc(-c2cc(-c3ccccc3)nc(-c3cccc4nc(-c5ccccc5)oc34)n2)cc1. The Labute approximate surface area is 191 Å². The van der Waals surface area contributed by atoms with Crippen molar-refractivity contribution in [2.75, 3.05) is 0 Å². The molecule has 2 aromatic heterocycles. The van der Waals surface area contributed by atoms with E-state index in [0.717, 1.165) is 39.2 Å². The van der Waals surface area contributed by atoms with Gasteiger partial charge in [-0.25, -0.2) is 15.0 Å². The van der Waals surface area contributed by atoms with Gasteiger partial charge in [0.25, 0.3) is 0 Å². The third-order valence-electron chi connectivity index (χ3n) is 5.54. The van der Waals surface area contributed by atoms with Gasteiger partial charge in [0, 0.05) is 16.7 Å². The van der Waals surface area contributed by atoms with Gasteiger partial charge in [-0.3, -0.25) is 0 Å². The predicted octanol–water partition coefficient (Wildman–Crippen LogP) is 7.29. The van der Waals surface area contributed by atoms with Gasteiger partial charge in [-0.15, -0.1) is 0 Å². The number of benzene rings is 4. The smallest absolute Gasteiger partial charge is 0.227 e. The molecular formula is C29H19N3O. The first kappa shape index (κ1) is 19.1. The van der Waals surface area contributed by atoms with Crippen LogP contribution in [0.1, 0.15) is 0 Å². The van der Waals surface area contributed by atoms with Crippen LogP contribution in [0.15, 0.2) is 120 Å². The highest BCUT2D eigenvalue weighted by molar-refractivity contribution is 5.90. The zero-order valence-electron chi connectivity index (χ0n) is 17.7. The number of hydrogen-bond donors (Lipinski definition) is 0. The second-order valence-corrected chi connectivity index (χ2v) is 7.73. The summed E-state index contributed by atoms with van der Waals surface area (Å²) in [6.07, 6.45) is 0. The lowest BCUT2D eigenvalue weighted by Crippen LogP contribution is -1.96. The zero-order valence-corrected chi connectivity index (χ0v) is 17.7. The van der Waals surface area contributed by atoms with Gasteiger partial charge >= 0.3 is 0 Å². The molecule has 0 amide bonds. The van der Waals surface area contributed by atoms with Gasteiger partial charge < -0.3 is 4.42 Å². The topological polar surface area (TPSA) is 51.8 Å². The van der Waals surface area contributed by atoms with Crippen LogP contribution >= 0.6 is 0 Å². The Kier molecular flexibility index (Phi) is 4.74. The minimum Gasteiger partial charge on any atom is -0.435 e. The monoisotopic (exact) mass is 425 g/mol. The van der Waals surface area contributed by atoms with Crippen LogP contribution in [-0.4, -0.2) is 15.0 Å². The molecule has 0 N–H and O–H groups in total. The Bertz CT molecular complexity index is 1480. The van der Waals surface area contributed by atoms with Crippen LogP contribution in [0.25, 0.3) is 56.5 Å². The van der Waals surface area contributed by atoms with E-state index in [4.69, 9.17) is 19.4 Å². The molecule has 0 atom stereocenters. The minimum absolute atomic E-state index is 0.584. The molecule has 0 aliphatic heterocycles. The number of rotatable bonds is 4. The van der Waals surface area contributed by atoms with Gasteiger partial charge in [0.1, 0.15) is 5.52 Å². The minimum atomic E-state index is 0.584. The fraction of sp³-hybridized carbons (Fsp3) is 0. The van der Waals surface area contributed by atoms with Crippen molar-refractivity contribution in [3.8, 4) is 45.4 Å². The van der Waals surface area contributed by atoms with Crippen LogP contribution in [-0.2, 0) is 0 Å². The summed E-state index contributed by atoms with van der Waals surface area (Å²) in [4.78, 5) is 14.6. The highest BCUT2D eigenvalue weighted by atomic mass is 16.3. The summed E-state index contributed by atoms with van der Waals surface area (Å²) in [6, 6.07) is 38.2. The molecule has 6 rings (SSSR count). The number of oxazole rings is 1. The molecule has 0 saturated heterocycles. The molecule has 2 heterocycles. The van der Waals surface area contributed by atoms with E-state index in [1.54, 1.807) is 0 Å². The summed E-state index contributed by atoms with van der Waals surface area (Å²) in [5.41, 5.74) is 7.00. The molecule has 33 heavy (non-hydrogen) atoms. The molecule has 0 aliphatic rings. The van der Waals surface area contributed by atoms with E-state index in [1.807, 2.05) is 91.0 Å². The highest BCUT2D eigenvalue weighted by Gasteiger charge is 2.17. The van der Waals surface area contributed by atoms with Gasteiger partial charge in [0.05, 0.1) is 17.0 Å². The largest absolute Gasteiger partial charge is 0.435 e. The normalized spacial score (nSPS) is 11.0. The molecule has 6 aromatic rings. The van der Waals surface area contributed by atoms with Crippen molar-refractivity contribution >= 4 is 11.1 Å². The van der Waals surface area contributed by atoms with Crippen LogP contribution in [0.3, 0.4) is 0 Å². The Balaban J connectivity index is 1.56. The third-order valence-corrected chi connectivity index (χ3v) is 5.54. The lowest BCUT2D eigenvalue weighted by Gasteiger charge is -2.09. The lowest BCUT2D eigenvalue weighted by molar-refractivity contribution is 0.620. The predicted molar refractivity (Wildman–Crippen MR) is 131 cm³/mol. The van der Waals surface area contributed by atoms with Crippen LogP contribution in [0.5, 0.6) is 0 Å². The molecule has 0 spiro atoms. The van der Waals surface area contributed by atoms with E-state index >= 15 is 0 Å². The van der Waals surface area contributed by atoms with Crippen LogP contribution in [0.4, 0.5) is 0 Å². The average molecular weight is 425 g/mol. The molecule has 0 aliphatic carbocycles. The molecule has 4 nitrogen and oxygen atoms in total. The summed E-state index contributed by atoms with van der Waals surface area (Å²) < 4.78 is 6.24. The van der Waals surface area contributed by atoms with E-state index in [1.165, 1.54) is 0 Å². The number of hydrogen-bond acceptors (Lipinski definition) is 4. The summed E-state index contributed by atoms with van der Waals surface area (Å²) >= 11 is 0. The van der Waals surface area contributed by atoms with E-state index in [0.29, 0.717) is 17.3 Å². The summed E-state index contributed by atoms with van der Waals surface area (Å²) in [5, 5.41) is 0. The first-order valence-electron chi connectivity index (χ1n) is 10.8. The third kappa shape index (κ3) is 3.68. The first-order valence-corrected chi connectivity index (χ1v) is 10.8. The van der Waals surface area contributed by atoms with Crippen LogP contribution < -0.4 is 0 Å². The fourth-order valence-electron chi connectivity index (χ4n) is 3.91. The maximum Gasteiger partial charge on any atom is 0.227 e. The van der Waals surface area contributed by atoms with E-state index in [2.05, 4.69) is 24.3 Å². The van der Waals surface area contributed by atoms with Crippen LogP contribution in [0, 0.1) is 0 Å². The first-order chi connectivity index (χ1) is 16.3. The number of aromatic nitrogens is 3. The maximum atomic E-state index is 6.24. The highest BCUT2D eigenvalue weighted by Crippen LogP contribution is 2.33. The Morgan fingerprint density at radius 1 is 0.485 bits per heavy atom. The van der Waals surface area contributed by atoms with Crippen molar-refractivity contribution in [3.63, 3.8) is 0 Å². The molecule has 0 radical (unpaired) electrons. The Morgan fingerprint density at radius 3 is 1.61 bits per heavy atom. The van der Waals surface area contributed by atoms with E-state index in [9.17, 15) is 0 Å². The standard InChI is InChI=1S/C29H19N3O/c1-4-11-20(12-5-1)25-19-26(21-13-6-2-7-14-21)31-28(30-25)23-17-10-18-24-27(23)33-29(32-24)22-15-8-3-9-16-22/h1-19H. The zero-order chi connectivity index (χ0) is 22.0. The summed E-state index contributed by atoms with van der Waals surface area (Å²) in [6.45, 7) is 0. The molecule has 0 fully saturated rings. The number of para-hydroxylation sites is 1. The second kappa shape index (κ2) is 8.17. The van der Waals surface area contributed by atoms with E-state index < -0.39 is 0 Å². The molecule has 156 valence electrons. The molecule has 0 bridgehead atoms. The quantitative estimate of drug-likeness (QED) is 0.298. The molecule has 0 unspecified atom stereocenters.